The number of halogens is 2. The van der Waals surface area contributed by atoms with Crippen LogP contribution >= 0.6 is 27.5 Å². The Balaban J connectivity index is 2.39. The Bertz CT molecular complexity index is 733. The molecule has 0 radical (unpaired) electrons. The summed E-state index contributed by atoms with van der Waals surface area (Å²) in [5, 5.41) is 11.4. The summed E-state index contributed by atoms with van der Waals surface area (Å²) in [6.45, 7) is 1.27. The second kappa shape index (κ2) is 6.24. The van der Waals surface area contributed by atoms with Gasteiger partial charge in [-0.1, -0.05) is 11.6 Å². The van der Waals surface area contributed by atoms with E-state index in [9.17, 15) is 14.9 Å². The molecule has 0 unspecified atom stereocenters. The van der Waals surface area contributed by atoms with Crippen LogP contribution in [-0.2, 0) is 0 Å². The van der Waals surface area contributed by atoms with Gasteiger partial charge in [0, 0.05) is 11.1 Å². The number of ketones is 1. The lowest BCUT2D eigenvalue weighted by Crippen LogP contribution is -2.00. The molecule has 0 amide bonds. The van der Waals surface area contributed by atoms with Crippen molar-refractivity contribution in [3.05, 3.63) is 61.6 Å². The van der Waals surface area contributed by atoms with E-state index in [1.54, 1.807) is 18.2 Å². The molecule has 21 heavy (non-hydrogen) atoms. The average Bonchev–Trinajstić information content (AvgIpc) is 2.41. The molecule has 0 bridgehead atoms. The van der Waals surface area contributed by atoms with Crippen LogP contribution in [0.15, 0.2) is 40.9 Å². The van der Waals surface area contributed by atoms with E-state index in [4.69, 9.17) is 16.3 Å². The van der Waals surface area contributed by atoms with Crippen molar-refractivity contribution < 1.29 is 14.5 Å². The van der Waals surface area contributed by atoms with Gasteiger partial charge in [0.05, 0.1) is 15.0 Å². The molecule has 0 heterocycles. The minimum Gasteiger partial charge on any atom is -0.456 e. The van der Waals surface area contributed by atoms with E-state index >= 15 is 0 Å². The maximum atomic E-state index is 11.5. The number of nitro benzene ring substituents is 1. The van der Waals surface area contributed by atoms with Crippen molar-refractivity contribution in [2.45, 2.75) is 6.92 Å². The lowest BCUT2D eigenvalue weighted by molar-refractivity contribution is -0.385. The van der Waals surface area contributed by atoms with Gasteiger partial charge in [-0.3, -0.25) is 14.9 Å². The minimum absolute atomic E-state index is 0.00239. The summed E-state index contributed by atoms with van der Waals surface area (Å²) in [4.78, 5) is 21.8. The number of Topliss-reactive ketones (excluding diaryl/α,β-unsaturated/α-hetero) is 1. The molecule has 2 aromatic rings. The van der Waals surface area contributed by atoms with Gasteiger partial charge in [0.25, 0.3) is 5.69 Å². The SMILES string of the molecule is CC(=O)c1cc(Oc2ccc(Cl)cc2Br)ccc1[N+](=O)[O-]. The van der Waals surface area contributed by atoms with E-state index in [-0.39, 0.29) is 11.3 Å². The molecule has 2 aromatic carbocycles. The molecule has 7 heteroatoms. The summed E-state index contributed by atoms with van der Waals surface area (Å²) >= 11 is 9.14. The molecule has 108 valence electrons. The first-order chi connectivity index (χ1) is 9.88. The Morgan fingerprint density at radius 1 is 1.29 bits per heavy atom. The van der Waals surface area contributed by atoms with Crippen LogP contribution in [0.2, 0.25) is 5.02 Å². The van der Waals surface area contributed by atoms with Gasteiger partial charge in [0.15, 0.2) is 5.78 Å². The van der Waals surface area contributed by atoms with Crippen LogP contribution in [-0.4, -0.2) is 10.7 Å². The number of ether oxygens (including phenoxy) is 1. The Kier molecular flexibility index (Phi) is 4.59. The molecule has 2 rings (SSSR count). The second-order valence-electron chi connectivity index (χ2n) is 4.17. The first-order valence-electron chi connectivity index (χ1n) is 5.81. The summed E-state index contributed by atoms with van der Waals surface area (Å²) < 4.78 is 6.25. The number of rotatable bonds is 4. The third-order valence-electron chi connectivity index (χ3n) is 2.67. The molecular formula is C14H9BrClNO4. The van der Waals surface area contributed by atoms with Gasteiger partial charge in [0.2, 0.25) is 0 Å². The molecule has 0 N–H and O–H groups in total. The Hall–Kier alpha value is -1.92. The van der Waals surface area contributed by atoms with Gasteiger partial charge in [-0.25, -0.2) is 0 Å². The maximum absolute atomic E-state index is 11.5. The quantitative estimate of drug-likeness (QED) is 0.431. The van der Waals surface area contributed by atoms with Crippen LogP contribution in [0.1, 0.15) is 17.3 Å². The van der Waals surface area contributed by atoms with Gasteiger partial charge in [-0.2, -0.15) is 0 Å². The zero-order chi connectivity index (χ0) is 15.6. The molecule has 0 aliphatic rings. The van der Waals surface area contributed by atoms with Crippen LogP contribution in [0.3, 0.4) is 0 Å². The molecule has 0 fully saturated rings. The Labute approximate surface area is 133 Å². The zero-order valence-electron chi connectivity index (χ0n) is 10.8. The number of benzene rings is 2. The van der Waals surface area contributed by atoms with E-state index in [1.165, 1.54) is 25.1 Å². The molecule has 0 saturated heterocycles. The lowest BCUT2D eigenvalue weighted by Gasteiger charge is -2.09. The van der Waals surface area contributed by atoms with Crippen LogP contribution in [0, 0.1) is 10.1 Å². The van der Waals surface area contributed by atoms with E-state index in [2.05, 4.69) is 15.9 Å². The van der Waals surface area contributed by atoms with Crippen molar-refractivity contribution in [1.29, 1.82) is 0 Å². The standard InChI is InChI=1S/C14H9BrClNO4/c1-8(18)11-7-10(3-4-13(11)17(19)20)21-14-5-2-9(16)6-12(14)15/h2-7H,1H3. The van der Waals surface area contributed by atoms with Gasteiger partial charge in [-0.15, -0.1) is 0 Å². The molecular weight excluding hydrogens is 362 g/mol. The summed E-state index contributed by atoms with van der Waals surface area (Å²) in [6, 6.07) is 9.00. The highest BCUT2D eigenvalue weighted by Crippen LogP contribution is 2.33. The fraction of sp³-hybridized carbons (Fsp3) is 0.0714. The first kappa shape index (κ1) is 15.5. The second-order valence-corrected chi connectivity index (χ2v) is 5.46. The van der Waals surface area contributed by atoms with Gasteiger partial charge in [-0.05, 0) is 53.2 Å². The maximum Gasteiger partial charge on any atom is 0.280 e. The predicted molar refractivity (Wildman–Crippen MR) is 82.3 cm³/mol. The monoisotopic (exact) mass is 369 g/mol. The Morgan fingerprint density at radius 2 is 2.00 bits per heavy atom. The summed E-state index contributed by atoms with van der Waals surface area (Å²) in [5.41, 5.74) is -0.243. The fourth-order valence-electron chi connectivity index (χ4n) is 1.70. The van der Waals surface area contributed by atoms with E-state index in [0.717, 1.165) is 0 Å². The third kappa shape index (κ3) is 3.59. The van der Waals surface area contributed by atoms with Gasteiger partial charge < -0.3 is 4.74 Å². The normalized spacial score (nSPS) is 10.2. The van der Waals surface area contributed by atoms with Crippen molar-refractivity contribution in [3.63, 3.8) is 0 Å². The molecule has 0 aliphatic carbocycles. The summed E-state index contributed by atoms with van der Waals surface area (Å²) in [5.74, 6) is 0.416. The summed E-state index contributed by atoms with van der Waals surface area (Å²) in [7, 11) is 0. The smallest absolute Gasteiger partial charge is 0.280 e. The van der Waals surface area contributed by atoms with Crippen molar-refractivity contribution in [3.8, 4) is 11.5 Å². The molecule has 0 saturated carbocycles. The third-order valence-corrected chi connectivity index (χ3v) is 3.52. The molecule has 0 spiro atoms. The predicted octanol–water partition coefficient (Wildman–Crippen LogP) is 5.01. The highest BCUT2D eigenvalue weighted by atomic mass is 79.9. The first-order valence-corrected chi connectivity index (χ1v) is 6.98. The van der Waals surface area contributed by atoms with Gasteiger partial charge >= 0.3 is 0 Å². The molecule has 0 atom stereocenters. The van der Waals surface area contributed by atoms with Crippen LogP contribution in [0.4, 0.5) is 5.69 Å². The number of nitrogens with zero attached hydrogens (tertiary/aromatic N) is 1. The Morgan fingerprint density at radius 3 is 2.57 bits per heavy atom. The van der Waals surface area contributed by atoms with E-state index in [1.807, 2.05) is 0 Å². The highest BCUT2D eigenvalue weighted by Gasteiger charge is 2.18. The van der Waals surface area contributed by atoms with E-state index in [0.29, 0.717) is 21.0 Å². The van der Waals surface area contributed by atoms with Crippen molar-refractivity contribution >= 4 is 39.0 Å². The molecule has 0 aromatic heterocycles. The summed E-state index contributed by atoms with van der Waals surface area (Å²) in [6.07, 6.45) is 0. The largest absolute Gasteiger partial charge is 0.456 e. The fourth-order valence-corrected chi connectivity index (χ4v) is 2.47. The minimum atomic E-state index is -0.598. The topological polar surface area (TPSA) is 69.4 Å². The molecule has 0 aliphatic heterocycles. The van der Waals surface area contributed by atoms with Crippen molar-refractivity contribution in [2.75, 3.05) is 0 Å². The van der Waals surface area contributed by atoms with Crippen molar-refractivity contribution in [2.24, 2.45) is 0 Å². The molecule has 5 nitrogen and oxygen atoms in total. The number of hydrogen-bond acceptors (Lipinski definition) is 4. The lowest BCUT2D eigenvalue weighted by atomic mass is 10.1. The van der Waals surface area contributed by atoms with Crippen LogP contribution in [0.5, 0.6) is 11.5 Å². The van der Waals surface area contributed by atoms with Crippen LogP contribution in [0.25, 0.3) is 0 Å². The number of carbonyl (C=O) groups excluding carboxylic acids is 1. The number of carbonyl (C=O) groups is 1. The van der Waals surface area contributed by atoms with E-state index < -0.39 is 10.7 Å². The highest BCUT2D eigenvalue weighted by molar-refractivity contribution is 9.10. The average molecular weight is 371 g/mol. The van der Waals surface area contributed by atoms with Crippen molar-refractivity contribution in [1.82, 2.24) is 0 Å². The number of hydrogen-bond donors (Lipinski definition) is 0. The zero-order valence-corrected chi connectivity index (χ0v) is 13.1. The number of nitro groups is 1. The van der Waals surface area contributed by atoms with Crippen LogP contribution < -0.4 is 4.74 Å². The van der Waals surface area contributed by atoms with Gasteiger partial charge in [0.1, 0.15) is 11.5 Å².